The van der Waals surface area contributed by atoms with Crippen LogP contribution < -0.4 is 4.72 Å². The predicted molar refractivity (Wildman–Crippen MR) is 99.2 cm³/mol. The molecule has 0 spiro atoms. The van der Waals surface area contributed by atoms with Gasteiger partial charge in [0.2, 0.25) is 10.0 Å². The van der Waals surface area contributed by atoms with Gasteiger partial charge in [0.1, 0.15) is 11.9 Å². The Kier molecular flexibility index (Phi) is 4.90. The molecule has 1 heterocycles. The Balaban J connectivity index is 1.71. The lowest BCUT2D eigenvalue weighted by Gasteiger charge is -2.36. The molecule has 25 heavy (non-hydrogen) atoms. The van der Waals surface area contributed by atoms with Crippen LogP contribution in [0.4, 0.5) is 0 Å². The fourth-order valence-electron chi connectivity index (χ4n) is 4.61. The monoisotopic (exact) mass is 385 g/mol. The Morgan fingerprint density at radius 1 is 1.40 bits per heavy atom. The number of aryl methyl sites for hydroxylation is 1. The van der Waals surface area contributed by atoms with Gasteiger partial charge in [0.25, 0.3) is 0 Å². The van der Waals surface area contributed by atoms with Crippen LogP contribution in [0.2, 0.25) is 0 Å². The van der Waals surface area contributed by atoms with Gasteiger partial charge < -0.3 is 4.74 Å². The first kappa shape index (κ1) is 19.0. The maximum Gasteiger partial charge on any atom is 0.212 e. The van der Waals surface area contributed by atoms with E-state index >= 15 is 0 Å². The van der Waals surface area contributed by atoms with Crippen LogP contribution in [0.25, 0.3) is 0 Å². The van der Waals surface area contributed by atoms with Crippen molar-refractivity contribution in [3.63, 3.8) is 0 Å². The number of methoxy groups -OCH3 is 1. The standard InChI is InChI=1S/C18H27NO4S2/c1-12-5-6-15(24-12)14(23-4)10-19-25(21,22)11-18-8-7-13(9-16(18)20)17(18,2)3/h5-6,13-14,19H,7-11H2,1-4H3/t13-,14+,18+/m1/s1. The number of carbonyl (C=O) groups excluding carboxylic acids is 1. The number of carbonyl (C=O) groups is 1. The van der Waals surface area contributed by atoms with E-state index in [-0.39, 0.29) is 29.6 Å². The minimum absolute atomic E-state index is 0.109. The second-order valence-electron chi connectivity index (χ2n) is 7.95. The zero-order valence-corrected chi connectivity index (χ0v) is 16.9. The number of hydrogen-bond acceptors (Lipinski definition) is 5. The topological polar surface area (TPSA) is 72.5 Å². The van der Waals surface area contributed by atoms with Crippen LogP contribution in [-0.2, 0) is 19.6 Å². The third-order valence-corrected chi connectivity index (χ3v) is 9.00. The van der Waals surface area contributed by atoms with Crippen LogP contribution in [0.15, 0.2) is 12.1 Å². The minimum atomic E-state index is -3.57. The zero-order valence-electron chi connectivity index (χ0n) is 15.3. The fraction of sp³-hybridized carbons (Fsp3) is 0.722. The van der Waals surface area contributed by atoms with Crippen molar-refractivity contribution in [1.82, 2.24) is 4.72 Å². The Labute approximate surface area is 154 Å². The molecule has 2 aliphatic rings. The molecule has 0 aliphatic heterocycles. The molecule has 0 radical (unpaired) electrons. The number of hydrogen-bond donors (Lipinski definition) is 1. The van der Waals surface area contributed by atoms with Crippen LogP contribution in [0.5, 0.6) is 0 Å². The molecule has 5 nitrogen and oxygen atoms in total. The van der Waals surface area contributed by atoms with Crippen molar-refractivity contribution < 1.29 is 17.9 Å². The van der Waals surface area contributed by atoms with E-state index in [1.165, 1.54) is 0 Å². The first-order valence-corrected chi connectivity index (χ1v) is 11.2. The van der Waals surface area contributed by atoms with Crippen LogP contribution in [0.3, 0.4) is 0 Å². The van der Waals surface area contributed by atoms with E-state index in [1.54, 1.807) is 18.4 Å². The summed E-state index contributed by atoms with van der Waals surface area (Å²) in [6, 6.07) is 3.96. The van der Waals surface area contributed by atoms with Gasteiger partial charge in [-0.3, -0.25) is 4.79 Å². The molecule has 140 valence electrons. The van der Waals surface area contributed by atoms with E-state index in [2.05, 4.69) is 18.6 Å². The third kappa shape index (κ3) is 3.20. The SMILES string of the molecule is CO[C@@H](CNS(=O)(=O)C[C@@]12CC[C@H](CC1=O)C2(C)C)c1ccc(C)s1. The number of ketones is 1. The van der Waals surface area contributed by atoms with E-state index in [1.807, 2.05) is 19.1 Å². The molecule has 1 N–H and O–H groups in total. The maximum absolute atomic E-state index is 12.7. The summed E-state index contributed by atoms with van der Waals surface area (Å²) in [5.41, 5.74) is -0.976. The summed E-state index contributed by atoms with van der Waals surface area (Å²) in [6.07, 6.45) is 1.85. The van der Waals surface area contributed by atoms with Gasteiger partial charge in [0, 0.05) is 35.2 Å². The smallest absolute Gasteiger partial charge is 0.212 e. The molecule has 7 heteroatoms. The molecule has 2 aliphatic carbocycles. The van der Waals surface area contributed by atoms with Gasteiger partial charge in [-0.2, -0.15) is 0 Å². The van der Waals surface area contributed by atoms with Gasteiger partial charge in [0.15, 0.2) is 0 Å². The van der Waals surface area contributed by atoms with Crippen molar-refractivity contribution in [1.29, 1.82) is 0 Å². The van der Waals surface area contributed by atoms with Gasteiger partial charge in [-0.15, -0.1) is 11.3 Å². The van der Waals surface area contributed by atoms with Crippen molar-refractivity contribution >= 4 is 27.1 Å². The molecule has 0 saturated heterocycles. The fourth-order valence-corrected chi connectivity index (χ4v) is 7.40. The molecular weight excluding hydrogens is 358 g/mol. The van der Waals surface area contributed by atoms with E-state index in [0.717, 1.165) is 16.2 Å². The van der Waals surface area contributed by atoms with Gasteiger partial charge in [-0.1, -0.05) is 13.8 Å². The highest BCUT2D eigenvalue weighted by Crippen LogP contribution is 2.64. The Hall–Kier alpha value is -0.760. The Bertz CT molecular complexity index is 768. The summed E-state index contributed by atoms with van der Waals surface area (Å²) in [5.74, 6) is 0.328. The lowest BCUT2D eigenvalue weighted by molar-refractivity contribution is -0.128. The van der Waals surface area contributed by atoms with Gasteiger partial charge in [0.05, 0.1) is 5.75 Å². The number of Topliss-reactive ketones (excluding diaryl/α,β-unsaturated/α-hetero) is 1. The summed E-state index contributed by atoms with van der Waals surface area (Å²) in [5, 5.41) is 0. The van der Waals surface area contributed by atoms with Crippen molar-refractivity contribution in [3.05, 3.63) is 21.9 Å². The molecule has 2 fully saturated rings. The molecular formula is C18H27NO4S2. The molecule has 1 aromatic rings. The Morgan fingerprint density at radius 2 is 2.12 bits per heavy atom. The van der Waals surface area contributed by atoms with Gasteiger partial charge in [-0.05, 0) is 43.2 Å². The molecule has 1 aromatic heterocycles. The number of nitrogens with one attached hydrogen (secondary N) is 1. The molecule has 0 amide bonds. The van der Waals surface area contributed by atoms with Gasteiger partial charge in [-0.25, -0.2) is 13.1 Å². The largest absolute Gasteiger partial charge is 0.375 e. The molecule has 2 bridgehead atoms. The van der Waals surface area contributed by atoms with Crippen LogP contribution in [-0.4, -0.2) is 33.6 Å². The molecule has 0 aromatic carbocycles. The van der Waals surface area contributed by atoms with E-state index in [4.69, 9.17) is 4.74 Å². The number of sulfonamides is 1. The Morgan fingerprint density at radius 3 is 2.60 bits per heavy atom. The van der Waals surface area contributed by atoms with Crippen molar-refractivity contribution in [2.75, 3.05) is 19.4 Å². The first-order valence-electron chi connectivity index (χ1n) is 8.71. The average Bonchev–Trinajstić information content (AvgIpc) is 3.09. The first-order chi connectivity index (χ1) is 11.6. The predicted octanol–water partition coefficient (Wildman–Crippen LogP) is 3.06. The second-order valence-corrected chi connectivity index (χ2v) is 11.1. The molecule has 0 unspecified atom stereocenters. The molecule has 3 rings (SSSR count). The van der Waals surface area contributed by atoms with Crippen molar-refractivity contribution in [2.45, 2.75) is 46.1 Å². The molecule has 2 saturated carbocycles. The highest BCUT2D eigenvalue weighted by molar-refractivity contribution is 7.89. The van der Waals surface area contributed by atoms with E-state index < -0.39 is 15.4 Å². The van der Waals surface area contributed by atoms with E-state index in [0.29, 0.717) is 18.8 Å². The third-order valence-electron chi connectivity index (χ3n) is 6.43. The second kappa shape index (κ2) is 6.44. The van der Waals surface area contributed by atoms with E-state index in [9.17, 15) is 13.2 Å². The minimum Gasteiger partial charge on any atom is -0.375 e. The lowest BCUT2D eigenvalue weighted by atomic mass is 9.70. The van der Waals surface area contributed by atoms with Crippen molar-refractivity contribution in [3.8, 4) is 0 Å². The summed E-state index contributed by atoms with van der Waals surface area (Å²) >= 11 is 1.60. The maximum atomic E-state index is 12.7. The number of rotatable bonds is 7. The normalized spacial score (nSPS) is 29.3. The number of fused-ring (bicyclic) bond motifs is 2. The lowest BCUT2D eigenvalue weighted by Crippen LogP contribution is -2.45. The van der Waals surface area contributed by atoms with Crippen LogP contribution in [0, 0.1) is 23.7 Å². The summed E-state index contributed by atoms with van der Waals surface area (Å²) in [4.78, 5) is 14.7. The highest BCUT2D eigenvalue weighted by atomic mass is 32.2. The zero-order chi connectivity index (χ0) is 18.5. The summed E-state index contributed by atoms with van der Waals surface area (Å²) < 4.78 is 33.6. The summed E-state index contributed by atoms with van der Waals surface area (Å²) in [7, 11) is -1.98. The molecule has 3 atom stereocenters. The highest BCUT2D eigenvalue weighted by Gasteiger charge is 2.65. The number of thiophene rings is 1. The quantitative estimate of drug-likeness (QED) is 0.783. The summed E-state index contributed by atoms with van der Waals surface area (Å²) in [6.45, 7) is 6.30. The average molecular weight is 386 g/mol. The van der Waals surface area contributed by atoms with Crippen molar-refractivity contribution in [2.24, 2.45) is 16.7 Å². The van der Waals surface area contributed by atoms with Gasteiger partial charge >= 0.3 is 0 Å². The number of ether oxygens (including phenoxy) is 1. The van der Waals surface area contributed by atoms with Crippen LogP contribution >= 0.6 is 11.3 Å². The van der Waals surface area contributed by atoms with Crippen LogP contribution in [0.1, 0.15) is 49.0 Å².